The Bertz CT molecular complexity index is 637. The molecule has 0 fully saturated rings. The lowest BCUT2D eigenvalue weighted by molar-refractivity contribution is 0.0952. The second-order valence-electron chi connectivity index (χ2n) is 4.36. The van der Waals surface area contributed by atoms with E-state index in [4.69, 9.17) is 15.0 Å². The fraction of sp³-hybridized carbons (Fsp3) is 0.214. The molecule has 0 saturated heterocycles. The third-order valence-corrected chi connectivity index (χ3v) is 2.86. The highest BCUT2D eigenvalue weighted by Gasteiger charge is 2.14. The zero-order valence-corrected chi connectivity index (χ0v) is 11.2. The molecule has 0 radical (unpaired) electrons. The van der Waals surface area contributed by atoms with Crippen LogP contribution in [0.2, 0.25) is 0 Å². The van der Waals surface area contributed by atoms with Crippen LogP contribution in [0.4, 0.5) is 4.39 Å². The molecule has 0 spiro atoms. The predicted molar refractivity (Wildman–Crippen MR) is 70.6 cm³/mol. The molecule has 0 atom stereocenters. The van der Waals surface area contributed by atoms with Crippen LogP contribution in [0.15, 0.2) is 28.7 Å². The number of furan rings is 1. The van der Waals surface area contributed by atoms with Crippen molar-refractivity contribution in [3.8, 4) is 5.75 Å². The standard InChI is InChI=1S/C14H15FN2O3/c1-8-5-10(3-4-13(8)15)19-7-11-6-12(9(2)20-11)14(18)17-16/h3-6H,7,16H2,1-2H3,(H,17,18). The third kappa shape index (κ3) is 2.97. The second kappa shape index (κ2) is 5.75. The number of hydrazine groups is 1. The first-order valence-electron chi connectivity index (χ1n) is 6.00. The Morgan fingerprint density at radius 3 is 2.80 bits per heavy atom. The van der Waals surface area contributed by atoms with Gasteiger partial charge in [-0.05, 0) is 43.7 Å². The van der Waals surface area contributed by atoms with Crippen LogP contribution >= 0.6 is 0 Å². The van der Waals surface area contributed by atoms with E-state index in [1.807, 2.05) is 5.43 Å². The molecule has 5 nitrogen and oxygen atoms in total. The van der Waals surface area contributed by atoms with Gasteiger partial charge in [-0.15, -0.1) is 0 Å². The Hall–Kier alpha value is -2.34. The number of nitrogens with two attached hydrogens (primary N) is 1. The molecule has 0 aliphatic heterocycles. The molecule has 1 aromatic carbocycles. The van der Waals surface area contributed by atoms with E-state index in [0.717, 1.165) is 0 Å². The number of benzene rings is 1. The molecule has 2 rings (SSSR count). The SMILES string of the molecule is Cc1cc(OCc2cc(C(=O)NN)c(C)o2)ccc1F. The summed E-state index contributed by atoms with van der Waals surface area (Å²) in [6, 6.07) is 6.03. The lowest BCUT2D eigenvalue weighted by Gasteiger charge is -2.05. The molecule has 1 amide bonds. The van der Waals surface area contributed by atoms with Gasteiger partial charge in [0.15, 0.2) is 0 Å². The van der Waals surface area contributed by atoms with Crippen molar-refractivity contribution in [1.29, 1.82) is 0 Å². The average molecular weight is 278 g/mol. The van der Waals surface area contributed by atoms with Crippen LogP contribution < -0.4 is 16.0 Å². The molecule has 1 heterocycles. The zero-order chi connectivity index (χ0) is 14.7. The van der Waals surface area contributed by atoms with Crippen molar-refractivity contribution in [2.45, 2.75) is 20.5 Å². The van der Waals surface area contributed by atoms with E-state index in [1.165, 1.54) is 12.1 Å². The summed E-state index contributed by atoms with van der Waals surface area (Å²) in [4.78, 5) is 11.4. The number of halogens is 1. The van der Waals surface area contributed by atoms with Crippen LogP contribution in [0.5, 0.6) is 5.75 Å². The number of hydrogen-bond donors (Lipinski definition) is 2. The van der Waals surface area contributed by atoms with E-state index in [1.54, 1.807) is 26.0 Å². The third-order valence-electron chi connectivity index (χ3n) is 2.86. The van der Waals surface area contributed by atoms with Gasteiger partial charge in [0.2, 0.25) is 0 Å². The molecule has 1 aromatic heterocycles. The first-order valence-corrected chi connectivity index (χ1v) is 6.00. The lowest BCUT2D eigenvalue weighted by atomic mass is 10.2. The van der Waals surface area contributed by atoms with Crippen molar-refractivity contribution in [3.63, 3.8) is 0 Å². The smallest absolute Gasteiger partial charge is 0.268 e. The monoisotopic (exact) mass is 278 g/mol. The predicted octanol–water partition coefficient (Wildman–Crippen LogP) is 2.22. The first-order chi connectivity index (χ1) is 9.51. The Kier molecular flexibility index (Phi) is 4.05. The number of carbonyl (C=O) groups is 1. The molecule has 0 aliphatic carbocycles. The minimum Gasteiger partial charge on any atom is -0.486 e. The fourth-order valence-corrected chi connectivity index (χ4v) is 1.78. The number of nitrogens with one attached hydrogen (secondary N) is 1. The van der Waals surface area contributed by atoms with Gasteiger partial charge in [-0.3, -0.25) is 10.2 Å². The van der Waals surface area contributed by atoms with Gasteiger partial charge >= 0.3 is 0 Å². The topological polar surface area (TPSA) is 77.5 Å². The summed E-state index contributed by atoms with van der Waals surface area (Å²) in [7, 11) is 0. The van der Waals surface area contributed by atoms with Crippen LogP contribution in [0.1, 0.15) is 27.4 Å². The highest BCUT2D eigenvalue weighted by Crippen LogP contribution is 2.19. The maximum atomic E-state index is 13.1. The zero-order valence-electron chi connectivity index (χ0n) is 11.2. The van der Waals surface area contributed by atoms with E-state index in [9.17, 15) is 9.18 Å². The minimum atomic E-state index is -0.421. The summed E-state index contributed by atoms with van der Waals surface area (Å²) in [5.74, 6) is 5.84. The number of rotatable bonds is 4. The maximum absolute atomic E-state index is 13.1. The Balaban J connectivity index is 2.07. The van der Waals surface area contributed by atoms with Crippen molar-refractivity contribution in [3.05, 3.63) is 52.7 Å². The molecule has 0 saturated carbocycles. The maximum Gasteiger partial charge on any atom is 0.268 e. The Morgan fingerprint density at radius 2 is 2.15 bits per heavy atom. The molecule has 20 heavy (non-hydrogen) atoms. The van der Waals surface area contributed by atoms with Crippen molar-refractivity contribution in [2.75, 3.05) is 0 Å². The fourth-order valence-electron chi connectivity index (χ4n) is 1.78. The summed E-state index contributed by atoms with van der Waals surface area (Å²) in [5, 5.41) is 0. The molecule has 0 aliphatic rings. The molecule has 6 heteroatoms. The van der Waals surface area contributed by atoms with Gasteiger partial charge < -0.3 is 9.15 Å². The van der Waals surface area contributed by atoms with Gasteiger partial charge in [0.05, 0.1) is 5.56 Å². The number of carbonyl (C=O) groups excluding carboxylic acids is 1. The number of nitrogen functional groups attached to an aromatic ring is 1. The Morgan fingerprint density at radius 1 is 1.40 bits per heavy atom. The van der Waals surface area contributed by atoms with E-state index in [2.05, 4.69) is 0 Å². The number of hydrogen-bond acceptors (Lipinski definition) is 4. The molecule has 2 aromatic rings. The van der Waals surface area contributed by atoms with Gasteiger partial charge in [-0.2, -0.15) is 0 Å². The van der Waals surface area contributed by atoms with Gasteiger partial charge in [-0.25, -0.2) is 10.2 Å². The van der Waals surface area contributed by atoms with Crippen LogP contribution in [0.25, 0.3) is 0 Å². The van der Waals surface area contributed by atoms with Gasteiger partial charge in [0, 0.05) is 0 Å². The van der Waals surface area contributed by atoms with E-state index >= 15 is 0 Å². The number of ether oxygens (including phenoxy) is 1. The molecule has 106 valence electrons. The minimum absolute atomic E-state index is 0.143. The molecule has 3 N–H and O–H groups in total. The van der Waals surface area contributed by atoms with Crippen LogP contribution in [-0.2, 0) is 6.61 Å². The normalized spacial score (nSPS) is 10.4. The highest BCUT2D eigenvalue weighted by molar-refractivity contribution is 5.94. The van der Waals surface area contributed by atoms with Gasteiger partial charge in [0.25, 0.3) is 5.91 Å². The largest absolute Gasteiger partial charge is 0.486 e. The summed E-state index contributed by atoms with van der Waals surface area (Å²) in [6.45, 7) is 3.46. The van der Waals surface area contributed by atoms with Crippen molar-refractivity contribution >= 4 is 5.91 Å². The van der Waals surface area contributed by atoms with Crippen LogP contribution in [-0.4, -0.2) is 5.91 Å². The molecular weight excluding hydrogens is 263 g/mol. The van der Waals surface area contributed by atoms with Crippen LogP contribution in [0, 0.1) is 19.7 Å². The summed E-state index contributed by atoms with van der Waals surface area (Å²) in [6.07, 6.45) is 0. The van der Waals surface area contributed by atoms with Crippen LogP contribution in [0.3, 0.4) is 0 Å². The molecular formula is C14H15FN2O3. The van der Waals surface area contributed by atoms with Gasteiger partial charge in [-0.1, -0.05) is 0 Å². The summed E-state index contributed by atoms with van der Waals surface area (Å²) >= 11 is 0. The van der Waals surface area contributed by atoms with Crippen molar-refractivity contribution in [1.82, 2.24) is 5.43 Å². The molecule has 0 bridgehead atoms. The van der Waals surface area contributed by atoms with E-state index < -0.39 is 5.91 Å². The quantitative estimate of drug-likeness (QED) is 0.510. The van der Waals surface area contributed by atoms with Crippen molar-refractivity contribution < 1.29 is 18.3 Å². The number of amides is 1. The highest BCUT2D eigenvalue weighted by atomic mass is 19.1. The second-order valence-corrected chi connectivity index (χ2v) is 4.36. The summed E-state index contributed by atoms with van der Waals surface area (Å²) in [5.41, 5.74) is 2.91. The number of aryl methyl sites for hydroxylation is 2. The first kappa shape index (κ1) is 14.1. The van der Waals surface area contributed by atoms with Gasteiger partial charge in [0.1, 0.15) is 29.7 Å². The van der Waals surface area contributed by atoms with E-state index in [0.29, 0.717) is 28.4 Å². The lowest BCUT2D eigenvalue weighted by Crippen LogP contribution is -2.30. The molecule has 0 unspecified atom stereocenters. The Labute approximate surface area is 115 Å². The summed E-state index contributed by atoms with van der Waals surface area (Å²) < 4.78 is 24.0. The average Bonchev–Trinajstić information content (AvgIpc) is 2.80. The van der Waals surface area contributed by atoms with Crippen molar-refractivity contribution in [2.24, 2.45) is 5.84 Å². The van der Waals surface area contributed by atoms with E-state index in [-0.39, 0.29) is 12.4 Å².